The van der Waals surface area contributed by atoms with Crippen LogP contribution in [0.15, 0.2) is 18.3 Å². The number of rotatable bonds is 3. The van der Waals surface area contributed by atoms with Gasteiger partial charge in [0.2, 0.25) is 5.91 Å². The average molecular weight is 383 g/mol. The summed E-state index contributed by atoms with van der Waals surface area (Å²) in [4.78, 5) is 24.1. The number of aromatic nitrogens is 1. The third-order valence-electron chi connectivity index (χ3n) is 6.30. The number of carbonyl (C=O) groups is 1. The zero-order valence-corrected chi connectivity index (χ0v) is 16.4. The summed E-state index contributed by atoms with van der Waals surface area (Å²) in [5, 5.41) is 9.10. The van der Waals surface area contributed by atoms with Crippen molar-refractivity contribution in [3.05, 3.63) is 23.9 Å². The van der Waals surface area contributed by atoms with Crippen LogP contribution in [-0.2, 0) is 9.53 Å². The molecule has 3 aliphatic rings. The minimum Gasteiger partial charge on any atom is -0.378 e. The van der Waals surface area contributed by atoms with Crippen LogP contribution in [0.5, 0.6) is 0 Å². The van der Waals surface area contributed by atoms with Crippen LogP contribution >= 0.6 is 0 Å². The minimum atomic E-state index is 0.138. The van der Waals surface area contributed by atoms with E-state index >= 15 is 0 Å². The van der Waals surface area contributed by atoms with Crippen LogP contribution in [0.1, 0.15) is 31.2 Å². The van der Waals surface area contributed by atoms with E-state index in [1.807, 2.05) is 11.0 Å². The third kappa shape index (κ3) is 4.29. The lowest BCUT2D eigenvalue weighted by atomic mass is 9.92. The zero-order valence-electron chi connectivity index (χ0n) is 16.4. The Hall–Kier alpha value is -2.17. The molecule has 0 N–H and O–H groups in total. The number of ether oxygens (including phenoxy) is 1. The van der Waals surface area contributed by atoms with Crippen molar-refractivity contribution in [3.63, 3.8) is 0 Å². The predicted molar refractivity (Wildman–Crippen MR) is 106 cm³/mol. The molecule has 0 spiro atoms. The lowest BCUT2D eigenvalue weighted by Crippen LogP contribution is -2.52. The van der Waals surface area contributed by atoms with Crippen LogP contribution in [0, 0.1) is 17.2 Å². The molecule has 0 aromatic carbocycles. The molecule has 0 radical (unpaired) electrons. The number of nitriles is 1. The largest absolute Gasteiger partial charge is 0.378 e. The summed E-state index contributed by atoms with van der Waals surface area (Å²) >= 11 is 0. The fourth-order valence-electron chi connectivity index (χ4n) is 4.70. The highest BCUT2D eigenvalue weighted by Crippen LogP contribution is 2.27. The molecule has 4 rings (SSSR count). The van der Waals surface area contributed by atoms with Crippen LogP contribution < -0.4 is 4.90 Å². The predicted octanol–water partition coefficient (Wildman–Crippen LogP) is 1.49. The molecule has 28 heavy (non-hydrogen) atoms. The first kappa shape index (κ1) is 19.2. The molecule has 1 amide bonds. The molecule has 7 nitrogen and oxygen atoms in total. The molecule has 3 saturated heterocycles. The Morgan fingerprint density at radius 2 is 1.93 bits per heavy atom. The molecular formula is C21H29N5O2. The van der Waals surface area contributed by atoms with Crippen molar-refractivity contribution in [2.24, 2.45) is 5.92 Å². The van der Waals surface area contributed by atoms with E-state index in [1.165, 1.54) is 0 Å². The molecule has 1 aromatic heterocycles. The Labute approximate surface area is 166 Å². The molecule has 0 bridgehead atoms. The van der Waals surface area contributed by atoms with Gasteiger partial charge in [-0.05, 0) is 44.4 Å². The van der Waals surface area contributed by atoms with E-state index < -0.39 is 0 Å². The Morgan fingerprint density at radius 3 is 2.68 bits per heavy atom. The molecule has 1 unspecified atom stereocenters. The Kier molecular flexibility index (Phi) is 6.08. The van der Waals surface area contributed by atoms with Crippen molar-refractivity contribution in [2.75, 3.05) is 57.4 Å². The number of carbonyl (C=O) groups excluding carboxylic acids is 1. The normalized spacial score (nSPS) is 24.8. The van der Waals surface area contributed by atoms with Crippen molar-refractivity contribution < 1.29 is 9.53 Å². The van der Waals surface area contributed by atoms with Gasteiger partial charge in [0.25, 0.3) is 0 Å². The van der Waals surface area contributed by atoms with Gasteiger partial charge in [-0.15, -0.1) is 0 Å². The molecule has 4 heterocycles. The van der Waals surface area contributed by atoms with Crippen molar-refractivity contribution in [2.45, 2.75) is 31.7 Å². The Bertz CT molecular complexity index is 720. The van der Waals surface area contributed by atoms with Gasteiger partial charge in [0.15, 0.2) is 0 Å². The highest BCUT2D eigenvalue weighted by atomic mass is 16.5. The number of nitrogens with zero attached hydrogens (tertiary/aromatic N) is 5. The molecule has 3 fully saturated rings. The molecule has 150 valence electrons. The summed E-state index contributed by atoms with van der Waals surface area (Å²) in [7, 11) is 0. The Morgan fingerprint density at radius 1 is 1.14 bits per heavy atom. The molecule has 0 aliphatic carbocycles. The Balaban J connectivity index is 1.31. The van der Waals surface area contributed by atoms with Crippen molar-refractivity contribution in [1.82, 2.24) is 14.8 Å². The number of piperidine rings is 2. The highest BCUT2D eigenvalue weighted by Gasteiger charge is 2.34. The molecule has 7 heteroatoms. The van der Waals surface area contributed by atoms with Gasteiger partial charge in [0, 0.05) is 45.0 Å². The summed E-state index contributed by atoms with van der Waals surface area (Å²) in [5.74, 6) is 1.36. The van der Waals surface area contributed by atoms with Gasteiger partial charge in [0.05, 0.1) is 30.8 Å². The number of morpholine rings is 1. The molecule has 0 saturated carbocycles. The van der Waals surface area contributed by atoms with Crippen LogP contribution in [0.4, 0.5) is 5.82 Å². The van der Waals surface area contributed by atoms with E-state index in [0.717, 1.165) is 70.8 Å². The first-order valence-corrected chi connectivity index (χ1v) is 10.5. The fourth-order valence-corrected chi connectivity index (χ4v) is 4.70. The second-order valence-electron chi connectivity index (χ2n) is 8.00. The van der Waals surface area contributed by atoms with Gasteiger partial charge in [0.1, 0.15) is 5.82 Å². The molecular weight excluding hydrogens is 354 g/mol. The van der Waals surface area contributed by atoms with Crippen LogP contribution in [0.2, 0.25) is 0 Å². The first-order chi connectivity index (χ1) is 13.7. The van der Waals surface area contributed by atoms with Gasteiger partial charge < -0.3 is 14.5 Å². The number of hydrogen-bond donors (Lipinski definition) is 0. The van der Waals surface area contributed by atoms with Crippen LogP contribution in [0.3, 0.4) is 0 Å². The van der Waals surface area contributed by atoms with E-state index in [0.29, 0.717) is 30.7 Å². The van der Waals surface area contributed by atoms with Gasteiger partial charge in [-0.1, -0.05) is 0 Å². The van der Waals surface area contributed by atoms with Gasteiger partial charge in [-0.2, -0.15) is 5.26 Å². The van der Waals surface area contributed by atoms with E-state index in [-0.39, 0.29) is 5.92 Å². The standard InChI is InChI=1S/C21H29N5O2/c22-15-17-3-6-23-20(14-17)24-8-4-19(5-9-24)26-7-1-2-18(16-26)21(27)25-10-12-28-13-11-25/h3,6,14,18-19H,1-2,4-5,7-13,16H2. The number of pyridine rings is 1. The van der Waals surface area contributed by atoms with E-state index in [4.69, 9.17) is 10.00 Å². The van der Waals surface area contributed by atoms with E-state index in [1.54, 1.807) is 12.3 Å². The number of hydrogen-bond acceptors (Lipinski definition) is 6. The average Bonchev–Trinajstić information content (AvgIpc) is 2.79. The lowest BCUT2D eigenvalue weighted by Gasteiger charge is -2.43. The van der Waals surface area contributed by atoms with Crippen molar-refractivity contribution in [1.29, 1.82) is 5.26 Å². The quantitative estimate of drug-likeness (QED) is 0.788. The summed E-state index contributed by atoms with van der Waals surface area (Å²) in [6.07, 6.45) is 5.99. The van der Waals surface area contributed by atoms with Gasteiger partial charge in [-0.25, -0.2) is 4.98 Å². The summed E-state index contributed by atoms with van der Waals surface area (Å²) in [6, 6.07) is 6.35. The van der Waals surface area contributed by atoms with Crippen molar-refractivity contribution >= 4 is 11.7 Å². The van der Waals surface area contributed by atoms with Gasteiger partial charge in [-0.3, -0.25) is 9.69 Å². The van der Waals surface area contributed by atoms with Crippen LogP contribution in [-0.4, -0.2) is 79.2 Å². The monoisotopic (exact) mass is 383 g/mol. The fraction of sp³-hybridized carbons (Fsp3) is 0.667. The second kappa shape index (κ2) is 8.89. The van der Waals surface area contributed by atoms with Crippen LogP contribution in [0.25, 0.3) is 0 Å². The first-order valence-electron chi connectivity index (χ1n) is 10.5. The summed E-state index contributed by atoms with van der Waals surface area (Å²) in [5.41, 5.74) is 0.660. The van der Waals surface area contributed by atoms with Gasteiger partial charge >= 0.3 is 0 Å². The van der Waals surface area contributed by atoms with Crippen molar-refractivity contribution in [3.8, 4) is 6.07 Å². The summed E-state index contributed by atoms with van der Waals surface area (Å²) < 4.78 is 5.38. The maximum absolute atomic E-state index is 12.9. The third-order valence-corrected chi connectivity index (χ3v) is 6.30. The number of anilines is 1. The minimum absolute atomic E-state index is 0.138. The number of likely N-dealkylation sites (tertiary alicyclic amines) is 1. The van der Waals surface area contributed by atoms with E-state index in [2.05, 4.69) is 20.9 Å². The highest BCUT2D eigenvalue weighted by molar-refractivity contribution is 5.79. The van der Waals surface area contributed by atoms with E-state index in [9.17, 15) is 4.79 Å². The molecule has 1 aromatic rings. The smallest absolute Gasteiger partial charge is 0.227 e. The second-order valence-corrected chi connectivity index (χ2v) is 8.00. The molecule has 1 atom stereocenters. The summed E-state index contributed by atoms with van der Waals surface area (Å²) in [6.45, 7) is 6.70. The lowest BCUT2D eigenvalue weighted by molar-refractivity contribution is -0.141. The SMILES string of the molecule is N#Cc1ccnc(N2CCC(N3CCCC(C(=O)N4CCOCC4)C3)CC2)c1. The molecule has 3 aliphatic heterocycles. The zero-order chi connectivity index (χ0) is 19.3. The maximum Gasteiger partial charge on any atom is 0.227 e. The number of amides is 1. The topological polar surface area (TPSA) is 72.7 Å². The maximum atomic E-state index is 12.9.